The molecule has 0 spiro atoms. The maximum absolute atomic E-state index is 12.5. The zero-order chi connectivity index (χ0) is 14.9. The smallest absolute Gasteiger partial charge is 0.241 e. The molecular formula is C13H19ClN2O3S. The van der Waals surface area contributed by atoms with Crippen LogP contribution in [0.25, 0.3) is 0 Å². The highest BCUT2D eigenvalue weighted by Crippen LogP contribution is 2.28. The first kappa shape index (κ1) is 15.6. The molecule has 20 heavy (non-hydrogen) atoms. The van der Waals surface area contributed by atoms with E-state index in [1.807, 2.05) is 0 Å². The molecule has 0 bridgehead atoms. The average Bonchev–Trinajstić information content (AvgIpc) is 2.80. The molecule has 1 aromatic rings. The number of nitrogens with two attached hydrogens (primary N) is 1. The lowest BCUT2D eigenvalue weighted by molar-refractivity contribution is 0.0916. The number of aryl methyl sites for hydroxylation is 1. The molecule has 2 atom stereocenters. The third-order valence-electron chi connectivity index (χ3n) is 3.65. The number of halogens is 1. The van der Waals surface area contributed by atoms with E-state index in [2.05, 4.69) is 4.72 Å². The topological polar surface area (TPSA) is 81.4 Å². The van der Waals surface area contributed by atoms with E-state index in [9.17, 15) is 8.42 Å². The minimum absolute atomic E-state index is 0.0743. The van der Waals surface area contributed by atoms with E-state index in [1.54, 1.807) is 20.1 Å². The van der Waals surface area contributed by atoms with Crippen molar-refractivity contribution < 1.29 is 13.2 Å². The molecular weight excluding hydrogens is 300 g/mol. The van der Waals surface area contributed by atoms with Crippen LogP contribution in [0.2, 0.25) is 5.02 Å². The Morgan fingerprint density at radius 2 is 2.10 bits per heavy atom. The molecule has 0 aromatic heterocycles. The lowest BCUT2D eigenvalue weighted by Crippen LogP contribution is -2.40. The van der Waals surface area contributed by atoms with Crippen molar-refractivity contribution in [3.8, 4) is 0 Å². The van der Waals surface area contributed by atoms with E-state index in [-0.39, 0.29) is 22.7 Å². The van der Waals surface area contributed by atoms with Crippen LogP contribution in [-0.2, 0) is 14.8 Å². The van der Waals surface area contributed by atoms with Gasteiger partial charge in [-0.2, -0.15) is 0 Å². The summed E-state index contributed by atoms with van der Waals surface area (Å²) in [5, 5.41) is 0.358. The summed E-state index contributed by atoms with van der Waals surface area (Å²) in [5.74, 6) is 0. The molecule has 112 valence electrons. The van der Waals surface area contributed by atoms with Crippen LogP contribution in [0.1, 0.15) is 24.8 Å². The van der Waals surface area contributed by atoms with Crippen LogP contribution in [0.5, 0.6) is 0 Å². The fourth-order valence-electron chi connectivity index (χ4n) is 2.56. The Kier molecular flexibility index (Phi) is 4.59. The number of sulfonamides is 1. The van der Waals surface area contributed by atoms with Gasteiger partial charge in [0.2, 0.25) is 10.0 Å². The number of hydrogen-bond acceptors (Lipinski definition) is 4. The van der Waals surface area contributed by atoms with Crippen LogP contribution in [0.4, 0.5) is 5.69 Å². The van der Waals surface area contributed by atoms with Crippen molar-refractivity contribution in [1.29, 1.82) is 0 Å². The van der Waals surface area contributed by atoms with Crippen molar-refractivity contribution in [3.63, 3.8) is 0 Å². The van der Waals surface area contributed by atoms with Crippen molar-refractivity contribution in [1.82, 2.24) is 4.72 Å². The minimum atomic E-state index is -3.63. The molecule has 0 aliphatic heterocycles. The SMILES string of the molecule is COC1CCCC1NS(=O)(=O)c1cc(N)c(Cl)cc1C. The van der Waals surface area contributed by atoms with Gasteiger partial charge in [0.15, 0.2) is 0 Å². The first-order valence-electron chi connectivity index (χ1n) is 6.46. The first-order chi connectivity index (χ1) is 9.35. The Hall–Kier alpha value is -0.820. The summed E-state index contributed by atoms with van der Waals surface area (Å²) in [7, 11) is -2.03. The van der Waals surface area contributed by atoms with Gasteiger partial charge in [-0.25, -0.2) is 13.1 Å². The average molecular weight is 319 g/mol. The lowest BCUT2D eigenvalue weighted by Gasteiger charge is -2.20. The number of nitrogen functional groups attached to an aromatic ring is 1. The third-order valence-corrected chi connectivity index (χ3v) is 5.60. The normalized spacial score (nSPS) is 23.1. The van der Waals surface area contributed by atoms with Crippen LogP contribution in [-0.4, -0.2) is 27.7 Å². The van der Waals surface area contributed by atoms with Crippen molar-refractivity contribution in [2.24, 2.45) is 0 Å². The Labute approximate surface area is 124 Å². The summed E-state index contributed by atoms with van der Waals surface area (Å²) >= 11 is 5.89. The number of rotatable bonds is 4. The summed E-state index contributed by atoms with van der Waals surface area (Å²) in [4.78, 5) is 0.168. The maximum atomic E-state index is 12.5. The quantitative estimate of drug-likeness (QED) is 0.833. The molecule has 0 radical (unpaired) electrons. The van der Waals surface area contributed by atoms with Gasteiger partial charge >= 0.3 is 0 Å². The number of nitrogens with one attached hydrogen (secondary N) is 1. The van der Waals surface area contributed by atoms with Crippen LogP contribution in [0, 0.1) is 6.92 Å². The molecule has 0 heterocycles. The predicted molar refractivity (Wildman–Crippen MR) is 79.4 cm³/mol. The monoisotopic (exact) mass is 318 g/mol. The van der Waals surface area contributed by atoms with Gasteiger partial charge in [-0.1, -0.05) is 11.6 Å². The zero-order valence-electron chi connectivity index (χ0n) is 11.5. The van der Waals surface area contributed by atoms with Gasteiger partial charge in [-0.3, -0.25) is 0 Å². The van der Waals surface area contributed by atoms with Crippen molar-refractivity contribution in [2.45, 2.75) is 43.2 Å². The Morgan fingerprint density at radius 3 is 2.75 bits per heavy atom. The Morgan fingerprint density at radius 1 is 1.40 bits per heavy atom. The molecule has 2 unspecified atom stereocenters. The highest BCUT2D eigenvalue weighted by Gasteiger charge is 2.32. The molecule has 1 aliphatic carbocycles. The fourth-order valence-corrected chi connectivity index (χ4v) is 4.34. The second kappa shape index (κ2) is 5.89. The minimum Gasteiger partial charge on any atom is -0.397 e. The van der Waals surface area contributed by atoms with Crippen molar-refractivity contribution in [2.75, 3.05) is 12.8 Å². The van der Waals surface area contributed by atoms with Gasteiger partial charge in [-0.15, -0.1) is 0 Å². The van der Waals surface area contributed by atoms with E-state index in [0.29, 0.717) is 10.6 Å². The Bertz CT molecular complexity index is 604. The summed E-state index contributed by atoms with van der Waals surface area (Å²) < 4.78 is 33.0. The van der Waals surface area contributed by atoms with Crippen molar-refractivity contribution >= 4 is 27.3 Å². The zero-order valence-corrected chi connectivity index (χ0v) is 13.1. The highest BCUT2D eigenvalue weighted by molar-refractivity contribution is 7.89. The van der Waals surface area contributed by atoms with Gasteiger partial charge in [-0.05, 0) is 43.9 Å². The molecule has 3 N–H and O–H groups in total. The van der Waals surface area contributed by atoms with E-state index in [4.69, 9.17) is 22.1 Å². The van der Waals surface area contributed by atoms with E-state index < -0.39 is 10.0 Å². The van der Waals surface area contributed by atoms with E-state index >= 15 is 0 Å². The summed E-state index contributed by atoms with van der Waals surface area (Å²) in [5.41, 5.74) is 6.53. The standard InChI is InChI=1S/C13H19ClN2O3S/c1-8-6-9(14)10(15)7-13(8)20(17,18)16-11-4-3-5-12(11)19-2/h6-7,11-12,16H,3-5,15H2,1-2H3. The fraction of sp³-hybridized carbons (Fsp3) is 0.538. The number of hydrogen-bond donors (Lipinski definition) is 2. The van der Waals surface area contributed by atoms with Gasteiger partial charge in [0.05, 0.1) is 21.7 Å². The molecule has 0 amide bonds. The number of methoxy groups -OCH3 is 1. The van der Waals surface area contributed by atoms with Crippen molar-refractivity contribution in [3.05, 3.63) is 22.7 Å². The Balaban J connectivity index is 2.29. The molecule has 5 nitrogen and oxygen atoms in total. The first-order valence-corrected chi connectivity index (χ1v) is 8.32. The van der Waals surface area contributed by atoms with Crippen LogP contribution in [0.15, 0.2) is 17.0 Å². The lowest BCUT2D eigenvalue weighted by atomic mass is 10.2. The summed E-state index contributed by atoms with van der Waals surface area (Å²) in [6.07, 6.45) is 2.52. The molecule has 2 rings (SSSR count). The molecule has 1 saturated carbocycles. The van der Waals surface area contributed by atoms with E-state index in [0.717, 1.165) is 19.3 Å². The number of ether oxygens (including phenoxy) is 1. The van der Waals surface area contributed by atoms with Crippen LogP contribution >= 0.6 is 11.6 Å². The maximum Gasteiger partial charge on any atom is 0.241 e. The summed E-state index contributed by atoms with van der Waals surface area (Å²) in [6.45, 7) is 1.70. The van der Waals surface area contributed by atoms with Crippen LogP contribution in [0.3, 0.4) is 0 Å². The highest BCUT2D eigenvalue weighted by atomic mass is 35.5. The van der Waals surface area contributed by atoms with Gasteiger partial charge in [0.25, 0.3) is 0 Å². The number of anilines is 1. The molecule has 1 fully saturated rings. The third kappa shape index (κ3) is 3.09. The van der Waals surface area contributed by atoms with Gasteiger partial charge in [0, 0.05) is 13.2 Å². The van der Waals surface area contributed by atoms with Crippen LogP contribution < -0.4 is 10.5 Å². The second-order valence-electron chi connectivity index (χ2n) is 5.07. The predicted octanol–water partition coefficient (Wildman–Crippen LogP) is 2.08. The molecule has 0 saturated heterocycles. The molecule has 1 aliphatic rings. The van der Waals surface area contributed by atoms with Gasteiger partial charge < -0.3 is 10.5 Å². The molecule has 1 aromatic carbocycles. The number of benzene rings is 1. The molecule has 7 heteroatoms. The van der Waals surface area contributed by atoms with Gasteiger partial charge in [0.1, 0.15) is 0 Å². The largest absolute Gasteiger partial charge is 0.397 e. The summed E-state index contributed by atoms with van der Waals surface area (Å²) in [6, 6.07) is 2.77. The van der Waals surface area contributed by atoms with E-state index in [1.165, 1.54) is 6.07 Å². The second-order valence-corrected chi connectivity index (χ2v) is 7.16.